The van der Waals surface area contributed by atoms with Crippen LogP contribution in [0.1, 0.15) is 10.6 Å². The van der Waals surface area contributed by atoms with Crippen molar-refractivity contribution in [2.45, 2.75) is 0 Å². The van der Waals surface area contributed by atoms with Crippen LogP contribution in [-0.4, -0.2) is 25.3 Å². The van der Waals surface area contributed by atoms with Crippen molar-refractivity contribution in [2.75, 3.05) is 14.2 Å². The molecular formula is C10H9NO4. The highest BCUT2D eigenvalue weighted by atomic mass is 16.5. The van der Waals surface area contributed by atoms with E-state index >= 15 is 0 Å². The molecule has 2 aromatic rings. The van der Waals surface area contributed by atoms with Crippen molar-refractivity contribution >= 4 is 16.9 Å². The largest absolute Gasteiger partial charge is 0.497 e. The molecule has 0 aliphatic carbocycles. The van der Waals surface area contributed by atoms with Gasteiger partial charge in [0.25, 0.3) is 5.76 Å². The molecule has 1 heterocycles. The minimum Gasteiger partial charge on any atom is -0.497 e. The Morgan fingerprint density at radius 3 is 2.87 bits per heavy atom. The van der Waals surface area contributed by atoms with Gasteiger partial charge in [0.2, 0.25) is 0 Å². The molecule has 0 N–H and O–H groups in total. The van der Waals surface area contributed by atoms with Gasteiger partial charge in [0, 0.05) is 6.07 Å². The van der Waals surface area contributed by atoms with Crippen LogP contribution >= 0.6 is 0 Å². The molecule has 0 aliphatic heterocycles. The SMILES string of the molecule is COC(=O)c1onc2cc(OC)ccc12. The van der Waals surface area contributed by atoms with Crippen molar-refractivity contribution < 1.29 is 18.8 Å². The number of esters is 1. The number of methoxy groups -OCH3 is 2. The van der Waals surface area contributed by atoms with Crippen molar-refractivity contribution in [3.63, 3.8) is 0 Å². The number of rotatable bonds is 2. The Balaban J connectivity index is 2.57. The lowest BCUT2D eigenvalue weighted by molar-refractivity contribution is 0.0558. The Morgan fingerprint density at radius 1 is 1.40 bits per heavy atom. The van der Waals surface area contributed by atoms with E-state index in [1.807, 2.05) is 0 Å². The number of fused-ring (bicyclic) bond motifs is 1. The Labute approximate surface area is 85.6 Å². The summed E-state index contributed by atoms with van der Waals surface area (Å²) in [7, 11) is 2.85. The lowest BCUT2D eigenvalue weighted by Gasteiger charge is -1.97. The van der Waals surface area contributed by atoms with Gasteiger partial charge in [0.05, 0.1) is 19.6 Å². The first kappa shape index (κ1) is 9.51. The van der Waals surface area contributed by atoms with Crippen molar-refractivity contribution in [1.82, 2.24) is 5.16 Å². The van der Waals surface area contributed by atoms with Crippen LogP contribution in [0.15, 0.2) is 22.7 Å². The second-order valence-corrected chi connectivity index (χ2v) is 2.89. The van der Waals surface area contributed by atoms with Crippen LogP contribution < -0.4 is 4.74 Å². The van der Waals surface area contributed by atoms with Gasteiger partial charge in [0.1, 0.15) is 11.3 Å². The molecule has 0 fully saturated rings. The van der Waals surface area contributed by atoms with E-state index in [0.29, 0.717) is 16.7 Å². The highest BCUT2D eigenvalue weighted by Crippen LogP contribution is 2.23. The minimum atomic E-state index is -0.539. The first-order valence-corrected chi connectivity index (χ1v) is 4.28. The van der Waals surface area contributed by atoms with Gasteiger partial charge in [0.15, 0.2) is 0 Å². The van der Waals surface area contributed by atoms with Crippen molar-refractivity contribution in [3.05, 3.63) is 24.0 Å². The lowest BCUT2D eigenvalue weighted by Crippen LogP contribution is -1.99. The summed E-state index contributed by atoms with van der Waals surface area (Å²) in [5, 5.41) is 4.35. The normalized spacial score (nSPS) is 10.3. The molecule has 0 aliphatic rings. The molecule has 2 rings (SSSR count). The fraction of sp³-hybridized carbons (Fsp3) is 0.200. The molecule has 5 nitrogen and oxygen atoms in total. The molecule has 0 radical (unpaired) electrons. The van der Waals surface area contributed by atoms with Crippen LogP contribution in [-0.2, 0) is 4.74 Å². The van der Waals surface area contributed by atoms with Crippen molar-refractivity contribution in [1.29, 1.82) is 0 Å². The first-order valence-electron chi connectivity index (χ1n) is 4.28. The third-order valence-electron chi connectivity index (χ3n) is 2.06. The zero-order chi connectivity index (χ0) is 10.8. The molecule has 15 heavy (non-hydrogen) atoms. The monoisotopic (exact) mass is 207 g/mol. The lowest BCUT2D eigenvalue weighted by atomic mass is 10.2. The Kier molecular flexibility index (Phi) is 2.29. The van der Waals surface area contributed by atoms with E-state index in [9.17, 15) is 4.79 Å². The van der Waals surface area contributed by atoms with Crippen LogP contribution in [0.25, 0.3) is 10.9 Å². The molecule has 0 saturated heterocycles. The van der Waals surface area contributed by atoms with E-state index < -0.39 is 5.97 Å². The highest BCUT2D eigenvalue weighted by Gasteiger charge is 2.16. The number of nitrogens with zero attached hydrogens (tertiary/aromatic N) is 1. The van der Waals surface area contributed by atoms with Crippen LogP contribution in [0.3, 0.4) is 0 Å². The molecule has 5 heteroatoms. The first-order chi connectivity index (χ1) is 7.26. The third-order valence-corrected chi connectivity index (χ3v) is 2.06. The maximum absolute atomic E-state index is 11.3. The van der Waals surface area contributed by atoms with Gasteiger partial charge in [-0.05, 0) is 12.1 Å². The number of hydrogen-bond donors (Lipinski definition) is 0. The van der Waals surface area contributed by atoms with Gasteiger partial charge in [-0.25, -0.2) is 4.79 Å². The fourth-order valence-electron chi connectivity index (χ4n) is 1.29. The molecular weight excluding hydrogens is 198 g/mol. The van der Waals surface area contributed by atoms with Crippen molar-refractivity contribution in [2.24, 2.45) is 0 Å². The number of hydrogen-bond acceptors (Lipinski definition) is 5. The summed E-state index contributed by atoms with van der Waals surface area (Å²) in [5.74, 6) is 0.227. The Hall–Kier alpha value is -2.04. The summed E-state index contributed by atoms with van der Waals surface area (Å²) in [6.45, 7) is 0. The van der Waals surface area contributed by atoms with Crippen LogP contribution in [0.5, 0.6) is 5.75 Å². The quantitative estimate of drug-likeness (QED) is 0.700. The fourth-order valence-corrected chi connectivity index (χ4v) is 1.29. The summed E-state index contributed by atoms with van der Waals surface area (Å²) in [4.78, 5) is 11.3. The second kappa shape index (κ2) is 3.61. The van der Waals surface area contributed by atoms with E-state index in [1.54, 1.807) is 25.3 Å². The third kappa shape index (κ3) is 1.52. The maximum atomic E-state index is 11.3. The van der Waals surface area contributed by atoms with E-state index in [-0.39, 0.29) is 5.76 Å². The van der Waals surface area contributed by atoms with Gasteiger partial charge in [-0.15, -0.1) is 0 Å². The number of benzene rings is 1. The zero-order valence-electron chi connectivity index (χ0n) is 8.31. The molecule has 1 aromatic heterocycles. The average molecular weight is 207 g/mol. The average Bonchev–Trinajstić information content (AvgIpc) is 2.70. The minimum absolute atomic E-state index is 0.107. The van der Waals surface area contributed by atoms with E-state index in [4.69, 9.17) is 9.26 Å². The maximum Gasteiger partial charge on any atom is 0.377 e. The van der Waals surface area contributed by atoms with E-state index in [1.165, 1.54) is 7.11 Å². The van der Waals surface area contributed by atoms with Crippen LogP contribution in [0.4, 0.5) is 0 Å². The Bertz CT molecular complexity index is 503. The molecule has 1 aromatic carbocycles. The molecule has 78 valence electrons. The van der Waals surface area contributed by atoms with Gasteiger partial charge < -0.3 is 14.0 Å². The van der Waals surface area contributed by atoms with Gasteiger partial charge in [-0.2, -0.15) is 0 Å². The summed E-state index contributed by atoms with van der Waals surface area (Å²) in [6.07, 6.45) is 0. The summed E-state index contributed by atoms with van der Waals surface area (Å²) < 4.78 is 14.5. The number of carbonyl (C=O) groups is 1. The number of carbonyl (C=O) groups excluding carboxylic acids is 1. The van der Waals surface area contributed by atoms with Crippen LogP contribution in [0.2, 0.25) is 0 Å². The molecule has 0 amide bonds. The summed E-state index contributed by atoms with van der Waals surface area (Å²) >= 11 is 0. The van der Waals surface area contributed by atoms with Crippen molar-refractivity contribution in [3.8, 4) is 5.75 Å². The topological polar surface area (TPSA) is 61.6 Å². The smallest absolute Gasteiger partial charge is 0.377 e. The zero-order valence-corrected chi connectivity index (χ0v) is 8.31. The Morgan fingerprint density at radius 2 is 2.20 bits per heavy atom. The molecule has 0 atom stereocenters. The van der Waals surface area contributed by atoms with Gasteiger partial charge in [-0.3, -0.25) is 0 Å². The second-order valence-electron chi connectivity index (χ2n) is 2.89. The highest BCUT2D eigenvalue weighted by molar-refractivity contribution is 6.00. The standard InChI is InChI=1S/C10H9NO4/c1-13-6-3-4-7-8(5-6)11-15-9(7)10(12)14-2/h3-5H,1-2H3. The van der Waals surface area contributed by atoms with Crippen LogP contribution in [0, 0.1) is 0 Å². The number of ether oxygens (including phenoxy) is 2. The predicted molar refractivity (Wildman–Crippen MR) is 51.9 cm³/mol. The van der Waals surface area contributed by atoms with E-state index in [0.717, 1.165) is 0 Å². The van der Waals surface area contributed by atoms with Gasteiger partial charge >= 0.3 is 5.97 Å². The van der Waals surface area contributed by atoms with Gasteiger partial charge in [-0.1, -0.05) is 5.16 Å². The summed E-state index contributed by atoms with van der Waals surface area (Å²) in [5.41, 5.74) is 0.565. The number of aromatic nitrogens is 1. The summed E-state index contributed by atoms with van der Waals surface area (Å²) in [6, 6.07) is 5.12. The molecule has 0 saturated carbocycles. The van der Waals surface area contributed by atoms with E-state index in [2.05, 4.69) is 9.89 Å². The predicted octanol–water partition coefficient (Wildman–Crippen LogP) is 1.62. The molecule has 0 unspecified atom stereocenters. The molecule has 0 spiro atoms. The molecule has 0 bridgehead atoms.